The van der Waals surface area contributed by atoms with Crippen molar-refractivity contribution in [1.29, 1.82) is 0 Å². The molecule has 4 heteroatoms. The third-order valence-corrected chi connectivity index (χ3v) is 2.49. The van der Waals surface area contributed by atoms with Crippen LogP contribution in [0.15, 0.2) is 6.20 Å². The van der Waals surface area contributed by atoms with E-state index in [-0.39, 0.29) is 5.54 Å². The lowest BCUT2D eigenvalue weighted by molar-refractivity contribution is 0.347. The Balaban J connectivity index is 2.30. The van der Waals surface area contributed by atoms with E-state index in [2.05, 4.69) is 43.3 Å². The zero-order valence-electron chi connectivity index (χ0n) is 11.0. The van der Waals surface area contributed by atoms with Crippen molar-refractivity contribution < 1.29 is 0 Å². The predicted molar refractivity (Wildman–Crippen MR) is 66.2 cm³/mol. The van der Waals surface area contributed by atoms with Gasteiger partial charge in [-0.05, 0) is 33.7 Å². The van der Waals surface area contributed by atoms with Crippen LogP contribution in [0, 0.1) is 0 Å². The van der Waals surface area contributed by atoms with Crippen LogP contribution in [0.4, 0.5) is 0 Å². The molecule has 0 amide bonds. The molecule has 0 aliphatic heterocycles. The average molecular weight is 224 g/mol. The van der Waals surface area contributed by atoms with Crippen LogP contribution in [0.5, 0.6) is 0 Å². The standard InChI is InChI=1S/C12H24N4/c1-5-6-7-8-13-9-11-10-16(15-14-11)12(2,3)4/h10,13H,5-9H2,1-4H3. The Morgan fingerprint density at radius 1 is 1.31 bits per heavy atom. The lowest BCUT2D eigenvalue weighted by Crippen LogP contribution is -2.22. The van der Waals surface area contributed by atoms with E-state index in [9.17, 15) is 0 Å². The van der Waals surface area contributed by atoms with Gasteiger partial charge in [-0.1, -0.05) is 25.0 Å². The molecule has 0 aliphatic rings. The molecule has 0 aromatic carbocycles. The number of rotatable bonds is 6. The summed E-state index contributed by atoms with van der Waals surface area (Å²) in [5.74, 6) is 0. The molecule has 0 bridgehead atoms. The Labute approximate surface area is 98.4 Å². The molecule has 0 radical (unpaired) electrons. The Morgan fingerprint density at radius 2 is 2.06 bits per heavy atom. The van der Waals surface area contributed by atoms with Crippen LogP contribution in [0.25, 0.3) is 0 Å². The quantitative estimate of drug-likeness (QED) is 0.754. The maximum Gasteiger partial charge on any atom is 0.0965 e. The number of nitrogens with one attached hydrogen (secondary N) is 1. The van der Waals surface area contributed by atoms with E-state index in [1.807, 2.05) is 10.9 Å². The fraction of sp³-hybridized carbons (Fsp3) is 0.833. The third-order valence-electron chi connectivity index (χ3n) is 2.49. The number of unbranched alkanes of at least 4 members (excludes halogenated alkanes) is 2. The van der Waals surface area contributed by atoms with Gasteiger partial charge in [0.05, 0.1) is 17.4 Å². The van der Waals surface area contributed by atoms with Gasteiger partial charge < -0.3 is 5.32 Å². The molecular weight excluding hydrogens is 200 g/mol. The minimum absolute atomic E-state index is 0.0213. The summed E-state index contributed by atoms with van der Waals surface area (Å²) in [4.78, 5) is 0. The number of nitrogens with zero attached hydrogens (tertiary/aromatic N) is 3. The number of aromatic nitrogens is 3. The van der Waals surface area contributed by atoms with Gasteiger partial charge in [-0.15, -0.1) is 5.10 Å². The molecule has 1 N–H and O–H groups in total. The molecule has 92 valence electrons. The Kier molecular flexibility index (Phi) is 4.93. The second-order valence-electron chi connectivity index (χ2n) is 5.21. The molecule has 0 aliphatic carbocycles. The molecule has 4 nitrogen and oxygen atoms in total. The van der Waals surface area contributed by atoms with Crippen molar-refractivity contribution in [1.82, 2.24) is 20.3 Å². The predicted octanol–water partition coefficient (Wildman–Crippen LogP) is 2.31. The van der Waals surface area contributed by atoms with Crippen molar-refractivity contribution in [3.05, 3.63) is 11.9 Å². The van der Waals surface area contributed by atoms with Gasteiger partial charge in [0.15, 0.2) is 0 Å². The molecule has 0 unspecified atom stereocenters. The minimum Gasteiger partial charge on any atom is -0.311 e. The van der Waals surface area contributed by atoms with E-state index in [0.717, 1.165) is 18.8 Å². The van der Waals surface area contributed by atoms with E-state index in [0.29, 0.717) is 0 Å². The van der Waals surface area contributed by atoms with Crippen molar-refractivity contribution >= 4 is 0 Å². The van der Waals surface area contributed by atoms with E-state index in [4.69, 9.17) is 0 Å². The summed E-state index contributed by atoms with van der Waals surface area (Å²) in [6.45, 7) is 10.5. The van der Waals surface area contributed by atoms with Crippen LogP contribution < -0.4 is 5.32 Å². The first-order valence-corrected chi connectivity index (χ1v) is 6.16. The zero-order chi connectivity index (χ0) is 12.0. The van der Waals surface area contributed by atoms with Gasteiger partial charge in [-0.3, -0.25) is 0 Å². The molecule has 16 heavy (non-hydrogen) atoms. The topological polar surface area (TPSA) is 42.7 Å². The summed E-state index contributed by atoms with van der Waals surface area (Å²) in [7, 11) is 0. The third kappa shape index (κ3) is 4.31. The molecule has 1 rings (SSSR count). The normalized spacial score (nSPS) is 12.0. The smallest absolute Gasteiger partial charge is 0.0965 e. The summed E-state index contributed by atoms with van der Waals surface area (Å²) >= 11 is 0. The lowest BCUT2D eigenvalue weighted by atomic mass is 10.1. The highest BCUT2D eigenvalue weighted by Gasteiger charge is 2.14. The van der Waals surface area contributed by atoms with Gasteiger partial charge in [0.25, 0.3) is 0 Å². The van der Waals surface area contributed by atoms with Gasteiger partial charge in [0.1, 0.15) is 0 Å². The summed E-state index contributed by atoms with van der Waals surface area (Å²) in [5, 5.41) is 11.7. The molecule has 0 saturated carbocycles. The minimum atomic E-state index is 0.0213. The van der Waals surface area contributed by atoms with Crippen LogP contribution in [-0.4, -0.2) is 21.5 Å². The monoisotopic (exact) mass is 224 g/mol. The van der Waals surface area contributed by atoms with Crippen molar-refractivity contribution in [2.75, 3.05) is 6.54 Å². The first-order chi connectivity index (χ1) is 7.54. The van der Waals surface area contributed by atoms with Gasteiger partial charge >= 0.3 is 0 Å². The fourth-order valence-corrected chi connectivity index (χ4v) is 1.42. The fourth-order valence-electron chi connectivity index (χ4n) is 1.42. The van der Waals surface area contributed by atoms with Gasteiger partial charge in [0, 0.05) is 6.54 Å². The van der Waals surface area contributed by atoms with Gasteiger partial charge in [0.2, 0.25) is 0 Å². The number of hydrogen-bond acceptors (Lipinski definition) is 3. The van der Waals surface area contributed by atoms with E-state index in [1.165, 1.54) is 19.3 Å². The number of hydrogen-bond donors (Lipinski definition) is 1. The van der Waals surface area contributed by atoms with Crippen LogP contribution in [-0.2, 0) is 12.1 Å². The highest BCUT2D eigenvalue weighted by Crippen LogP contribution is 2.11. The van der Waals surface area contributed by atoms with Gasteiger partial charge in [-0.2, -0.15) is 0 Å². The first-order valence-electron chi connectivity index (χ1n) is 6.16. The molecule has 1 aromatic heterocycles. The Morgan fingerprint density at radius 3 is 2.62 bits per heavy atom. The molecule has 0 saturated heterocycles. The van der Waals surface area contributed by atoms with E-state index in [1.54, 1.807) is 0 Å². The largest absolute Gasteiger partial charge is 0.311 e. The average Bonchev–Trinajstić information content (AvgIpc) is 2.65. The highest BCUT2D eigenvalue weighted by molar-refractivity contribution is 4.93. The van der Waals surface area contributed by atoms with Crippen LogP contribution in [0.3, 0.4) is 0 Å². The molecule has 0 spiro atoms. The molecule has 1 heterocycles. The second-order valence-corrected chi connectivity index (χ2v) is 5.21. The summed E-state index contributed by atoms with van der Waals surface area (Å²) in [5.41, 5.74) is 1.04. The molecular formula is C12H24N4. The van der Waals surface area contributed by atoms with Crippen LogP contribution >= 0.6 is 0 Å². The lowest BCUT2D eigenvalue weighted by Gasteiger charge is -2.17. The molecule has 1 aromatic rings. The second kappa shape index (κ2) is 5.99. The first kappa shape index (κ1) is 13.2. The molecule has 0 fully saturated rings. The Bertz CT molecular complexity index is 298. The van der Waals surface area contributed by atoms with Crippen molar-refractivity contribution in [2.45, 2.75) is 59.0 Å². The van der Waals surface area contributed by atoms with Crippen LogP contribution in [0.2, 0.25) is 0 Å². The van der Waals surface area contributed by atoms with Crippen molar-refractivity contribution in [2.24, 2.45) is 0 Å². The van der Waals surface area contributed by atoms with Crippen molar-refractivity contribution in [3.8, 4) is 0 Å². The maximum absolute atomic E-state index is 4.15. The highest BCUT2D eigenvalue weighted by atomic mass is 15.4. The van der Waals surface area contributed by atoms with Crippen LogP contribution in [0.1, 0.15) is 52.7 Å². The SMILES string of the molecule is CCCCCNCc1cn(C(C)(C)C)nn1. The van der Waals surface area contributed by atoms with E-state index >= 15 is 0 Å². The summed E-state index contributed by atoms with van der Waals surface area (Å²) in [6, 6.07) is 0. The van der Waals surface area contributed by atoms with E-state index < -0.39 is 0 Å². The summed E-state index contributed by atoms with van der Waals surface area (Å²) in [6.07, 6.45) is 5.82. The Hall–Kier alpha value is -0.900. The maximum atomic E-state index is 4.15. The summed E-state index contributed by atoms with van der Waals surface area (Å²) < 4.78 is 1.91. The zero-order valence-corrected chi connectivity index (χ0v) is 11.0. The van der Waals surface area contributed by atoms with Crippen molar-refractivity contribution in [3.63, 3.8) is 0 Å². The van der Waals surface area contributed by atoms with Gasteiger partial charge in [-0.25, -0.2) is 4.68 Å². The molecule has 0 atom stereocenters.